The van der Waals surface area contributed by atoms with Gasteiger partial charge in [-0.05, 0) is 106 Å². The van der Waals surface area contributed by atoms with E-state index in [2.05, 4.69) is 27.7 Å². The third-order valence-electron chi connectivity index (χ3n) is 10.2. The molecule has 2 aliphatic heterocycles. The molecule has 0 aliphatic carbocycles. The summed E-state index contributed by atoms with van der Waals surface area (Å²) in [5, 5.41) is 7.03. The Morgan fingerprint density at radius 3 is 1.44 bits per heavy atom. The molecule has 0 fully saturated rings. The zero-order chi connectivity index (χ0) is 31.9. The minimum absolute atomic E-state index is 0.229. The molecule has 2 aliphatic rings. The molecule has 0 aromatic heterocycles. The fourth-order valence-electron chi connectivity index (χ4n) is 7.81. The van der Waals surface area contributed by atoms with E-state index in [-0.39, 0.29) is 23.6 Å². The average Bonchev–Trinajstić information content (AvgIpc) is 3.01. The van der Waals surface area contributed by atoms with E-state index in [1.165, 1.54) is 9.80 Å². The molecule has 7 rings (SSSR count). The number of rotatable bonds is 9. The monoisotopic (exact) mass is 600 g/mol. The molecule has 0 radical (unpaired) electrons. The Morgan fingerprint density at radius 2 is 1.00 bits per heavy atom. The van der Waals surface area contributed by atoms with Gasteiger partial charge in [-0.15, -0.1) is 0 Å². The summed E-state index contributed by atoms with van der Waals surface area (Å²) in [6.45, 7) is 13.4. The van der Waals surface area contributed by atoms with E-state index in [1.54, 1.807) is 0 Å². The number of fused-ring (bicyclic) bond motifs is 2. The highest BCUT2D eigenvalue weighted by molar-refractivity contribution is 6.42. The van der Waals surface area contributed by atoms with E-state index < -0.39 is 0 Å². The van der Waals surface area contributed by atoms with Gasteiger partial charge in [0.1, 0.15) is 0 Å². The number of amides is 4. The lowest BCUT2D eigenvalue weighted by molar-refractivity contribution is 0.0587. The van der Waals surface area contributed by atoms with Crippen LogP contribution in [0.1, 0.15) is 112 Å². The van der Waals surface area contributed by atoms with Crippen LogP contribution in [0.25, 0.3) is 43.1 Å². The van der Waals surface area contributed by atoms with Gasteiger partial charge in [-0.25, -0.2) is 0 Å². The highest BCUT2D eigenvalue weighted by Gasteiger charge is 2.37. The number of unbranched alkanes of at least 4 members (excludes halogenated alkanes) is 1. The van der Waals surface area contributed by atoms with Crippen molar-refractivity contribution < 1.29 is 19.2 Å². The maximum Gasteiger partial charge on any atom is 0.261 e. The van der Waals surface area contributed by atoms with E-state index >= 15 is 0 Å². The number of benzene rings is 5. The van der Waals surface area contributed by atoms with Crippen molar-refractivity contribution in [3.05, 3.63) is 69.8 Å². The van der Waals surface area contributed by atoms with Crippen LogP contribution in [0.3, 0.4) is 0 Å². The van der Waals surface area contributed by atoms with Gasteiger partial charge in [-0.3, -0.25) is 29.0 Å². The third kappa shape index (κ3) is 4.21. The first-order valence-corrected chi connectivity index (χ1v) is 16.5. The molecule has 4 amide bonds. The number of hydrogen-bond acceptors (Lipinski definition) is 4. The second kappa shape index (κ2) is 10.6. The van der Waals surface area contributed by atoms with Crippen molar-refractivity contribution >= 4 is 66.7 Å². The molecule has 6 nitrogen and oxygen atoms in total. The van der Waals surface area contributed by atoms with Crippen molar-refractivity contribution in [3.8, 4) is 0 Å². The minimum Gasteiger partial charge on any atom is -0.274 e. The zero-order valence-corrected chi connectivity index (χ0v) is 27.1. The fraction of sp³-hybridized carbons (Fsp3) is 0.385. The summed E-state index contributed by atoms with van der Waals surface area (Å²) in [4.78, 5) is 58.3. The van der Waals surface area contributed by atoms with Gasteiger partial charge in [0.15, 0.2) is 0 Å². The molecule has 0 spiro atoms. The third-order valence-corrected chi connectivity index (χ3v) is 10.2. The van der Waals surface area contributed by atoms with Gasteiger partial charge in [0, 0.05) is 46.1 Å². The highest BCUT2D eigenvalue weighted by atomic mass is 16.2. The van der Waals surface area contributed by atoms with Crippen LogP contribution in [-0.2, 0) is 0 Å². The lowest BCUT2D eigenvalue weighted by Crippen LogP contribution is -2.41. The first-order chi connectivity index (χ1) is 21.5. The van der Waals surface area contributed by atoms with Crippen molar-refractivity contribution in [2.75, 3.05) is 13.1 Å². The number of carbonyl (C=O) groups is 4. The lowest BCUT2D eigenvalue weighted by atomic mass is 9.79. The summed E-state index contributed by atoms with van der Waals surface area (Å²) in [7, 11) is 0. The number of hydrogen-bond donors (Lipinski definition) is 0. The summed E-state index contributed by atoms with van der Waals surface area (Å²) in [6, 6.07) is 11.6. The molecule has 2 heterocycles. The van der Waals surface area contributed by atoms with Crippen LogP contribution >= 0.6 is 0 Å². The summed E-state index contributed by atoms with van der Waals surface area (Å²) in [5.41, 5.74) is 4.11. The maximum absolute atomic E-state index is 14.0. The van der Waals surface area contributed by atoms with E-state index in [0.717, 1.165) is 75.5 Å². The molecule has 45 heavy (non-hydrogen) atoms. The van der Waals surface area contributed by atoms with E-state index in [4.69, 9.17) is 0 Å². The number of aryl methyl sites for hydroxylation is 2. The van der Waals surface area contributed by atoms with Crippen LogP contribution in [0, 0.1) is 25.7 Å². The molecule has 6 heteroatoms. The van der Waals surface area contributed by atoms with Gasteiger partial charge in [0.05, 0.1) is 0 Å². The predicted octanol–water partition coefficient (Wildman–Crippen LogP) is 8.81. The van der Waals surface area contributed by atoms with Crippen molar-refractivity contribution in [2.45, 2.75) is 73.6 Å². The largest absolute Gasteiger partial charge is 0.274 e. The molecule has 230 valence electrons. The van der Waals surface area contributed by atoms with Crippen LogP contribution in [0.4, 0.5) is 0 Å². The number of nitrogens with zero attached hydrogens (tertiary/aromatic N) is 2. The normalized spacial score (nSPS) is 15.7. The Balaban J connectivity index is 1.45. The van der Waals surface area contributed by atoms with E-state index in [1.807, 2.05) is 50.2 Å². The van der Waals surface area contributed by atoms with Crippen LogP contribution in [-0.4, -0.2) is 46.5 Å². The SMILES string of the molecule is CCCCC(C)CCN1C(=O)c2ccc3c4c(C)cc5c6c(ccc(c7c(C)cc(c2c37)C1=O)c64)C(=O)N(CCC(C)C)C5=O. The first-order valence-electron chi connectivity index (χ1n) is 16.5. The van der Waals surface area contributed by atoms with Gasteiger partial charge in [-0.2, -0.15) is 0 Å². The van der Waals surface area contributed by atoms with Gasteiger partial charge in [-0.1, -0.05) is 59.1 Å². The molecule has 5 aromatic carbocycles. The average molecular weight is 601 g/mol. The first kappa shape index (κ1) is 29.4. The maximum atomic E-state index is 14.0. The van der Waals surface area contributed by atoms with Gasteiger partial charge in [0.25, 0.3) is 23.6 Å². The Kier molecular flexibility index (Phi) is 6.95. The van der Waals surface area contributed by atoms with Gasteiger partial charge >= 0.3 is 0 Å². The molecule has 0 saturated heterocycles. The Morgan fingerprint density at radius 1 is 0.556 bits per heavy atom. The molecule has 0 N–H and O–H groups in total. The van der Waals surface area contributed by atoms with Gasteiger partial charge < -0.3 is 0 Å². The van der Waals surface area contributed by atoms with Crippen LogP contribution in [0.15, 0.2) is 36.4 Å². The summed E-state index contributed by atoms with van der Waals surface area (Å²) < 4.78 is 0. The van der Waals surface area contributed by atoms with Crippen molar-refractivity contribution in [1.29, 1.82) is 0 Å². The standard InChI is InChI=1S/C39H40N2O4/c1-7-8-9-21(4)15-17-41-37(43)27-13-11-25-30-22(5)18-28-32-26(36(42)40(38(28)44)16-14-20(2)3)12-10-24(34(30)32)31-23(6)19-29(39(41)45)33(27)35(25)31/h10-13,18-21H,7-9,14-17H2,1-6H3. The zero-order valence-electron chi connectivity index (χ0n) is 27.1. The fourth-order valence-corrected chi connectivity index (χ4v) is 7.81. The second-order valence-electron chi connectivity index (χ2n) is 13.8. The molecule has 1 atom stereocenters. The lowest BCUT2D eigenvalue weighted by Gasteiger charge is -2.31. The second-order valence-corrected chi connectivity index (χ2v) is 13.8. The molecule has 0 bridgehead atoms. The van der Waals surface area contributed by atoms with E-state index in [0.29, 0.717) is 58.0 Å². The molecule has 5 aromatic rings. The van der Waals surface area contributed by atoms with Crippen LogP contribution in [0.2, 0.25) is 0 Å². The molecular weight excluding hydrogens is 560 g/mol. The molecule has 1 unspecified atom stereocenters. The van der Waals surface area contributed by atoms with Crippen LogP contribution in [0.5, 0.6) is 0 Å². The summed E-state index contributed by atoms with van der Waals surface area (Å²) >= 11 is 0. The summed E-state index contributed by atoms with van der Waals surface area (Å²) in [6.07, 6.45) is 4.90. The molecular formula is C39H40N2O4. The Labute approximate surface area is 263 Å². The summed E-state index contributed by atoms with van der Waals surface area (Å²) in [5.74, 6) is -0.150. The number of carbonyl (C=O) groups excluding carboxylic acids is 4. The van der Waals surface area contributed by atoms with E-state index in [9.17, 15) is 19.2 Å². The topological polar surface area (TPSA) is 74.8 Å². The van der Waals surface area contributed by atoms with Crippen molar-refractivity contribution in [2.24, 2.45) is 11.8 Å². The van der Waals surface area contributed by atoms with Crippen molar-refractivity contribution in [3.63, 3.8) is 0 Å². The van der Waals surface area contributed by atoms with Gasteiger partial charge in [0.2, 0.25) is 0 Å². The minimum atomic E-state index is -0.248. The van der Waals surface area contributed by atoms with Crippen molar-refractivity contribution in [1.82, 2.24) is 9.80 Å². The Bertz CT molecular complexity index is 2110. The van der Waals surface area contributed by atoms with Crippen LogP contribution < -0.4 is 0 Å². The predicted molar refractivity (Wildman–Crippen MR) is 181 cm³/mol. The smallest absolute Gasteiger partial charge is 0.261 e. The number of imide groups is 2. The highest BCUT2D eigenvalue weighted by Crippen LogP contribution is 2.48. The molecule has 0 saturated carbocycles. The Hall–Kier alpha value is -4.32. The quantitative estimate of drug-likeness (QED) is 0.0963.